The Morgan fingerprint density at radius 3 is 2.45 bits per heavy atom. The summed E-state index contributed by atoms with van der Waals surface area (Å²) in [5.74, 6) is -0.553. The van der Waals surface area contributed by atoms with Crippen LogP contribution >= 0.6 is 0 Å². The number of aliphatic hydroxyl groups excluding tert-OH is 1. The Morgan fingerprint density at radius 1 is 1.12 bits per heavy atom. The van der Waals surface area contributed by atoms with Crippen molar-refractivity contribution in [3.8, 4) is 0 Å². The minimum atomic E-state index is -4.91. The van der Waals surface area contributed by atoms with Gasteiger partial charge in [-0.15, -0.1) is 0 Å². The van der Waals surface area contributed by atoms with E-state index in [9.17, 15) is 37.5 Å². The maximum absolute atomic E-state index is 14.3. The molecule has 4 rings (SSSR count). The fourth-order valence-corrected chi connectivity index (χ4v) is 4.20. The number of H-pyrrole nitrogens is 2. The summed E-state index contributed by atoms with van der Waals surface area (Å²) in [5, 5.41) is 14.4. The van der Waals surface area contributed by atoms with Crippen molar-refractivity contribution in [3.63, 3.8) is 0 Å². The molecule has 0 aliphatic carbocycles. The van der Waals surface area contributed by atoms with Crippen molar-refractivity contribution in [2.75, 3.05) is 18.5 Å². The summed E-state index contributed by atoms with van der Waals surface area (Å²) >= 11 is 0. The summed E-state index contributed by atoms with van der Waals surface area (Å²) in [6, 6.07) is 6.68. The van der Waals surface area contributed by atoms with E-state index in [1.54, 1.807) is 6.92 Å². The molecule has 2 aromatic carbocycles. The lowest BCUT2D eigenvalue weighted by molar-refractivity contribution is -0.138. The normalized spacial score (nSPS) is 12.2. The van der Waals surface area contributed by atoms with E-state index in [0.29, 0.717) is 6.07 Å². The number of urea groups is 1. The zero-order valence-electron chi connectivity index (χ0n) is 21.0. The van der Waals surface area contributed by atoms with Gasteiger partial charge in [-0.2, -0.15) is 13.2 Å². The summed E-state index contributed by atoms with van der Waals surface area (Å²) < 4.78 is 48.6. The molecule has 11 nitrogen and oxygen atoms in total. The number of hydrogen-bond acceptors (Lipinski definition) is 6. The maximum Gasteiger partial charge on any atom is 0.416 e. The third-order valence-corrected chi connectivity index (χ3v) is 5.97. The van der Waals surface area contributed by atoms with E-state index in [1.807, 2.05) is 0 Å². The molecule has 2 aromatic heterocycles. The number of carbonyl (C=O) groups is 2. The lowest BCUT2D eigenvalue weighted by atomic mass is 9.94. The summed E-state index contributed by atoms with van der Waals surface area (Å²) in [6.45, 7) is 0.951. The Labute approximate surface area is 223 Å². The molecule has 0 aliphatic rings. The average molecular weight is 560 g/mol. The number of nitrogens with one attached hydrogen (secondary N) is 4. The van der Waals surface area contributed by atoms with Crippen LogP contribution in [0, 0.1) is 0 Å². The Balaban J connectivity index is 1.77. The first kappa shape index (κ1) is 28.2. The van der Waals surface area contributed by atoms with Gasteiger partial charge in [-0.3, -0.25) is 14.2 Å². The largest absolute Gasteiger partial charge is 0.462 e. The lowest BCUT2D eigenvalue weighted by Crippen LogP contribution is -2.38. The number of rotatable bonds is 8. The van der Waals surface area contributed by atoms with E-state index in [2.05, 4.69) is 20.6 Å². The molecule has 1 unspecified atom stereocenters. The van der Waals surface area contributed by atoms with E-state index < -0.39 is 53.1 Å². The van der Waals surface area contributed by atoms with Crippen LogP contribution in [-0.2, 0) is 17.5 Å². The number of hydrogen-bond donors (Lipinski definition) is 5. The Bertz CT molecular complexity index is 1640. The molecule has 14 heteroatoms. The van der Waals surface area contributed by atoms with Crippen LogP contribution in [-0.4, -0.2) is 44.9 Å². The highest BCUT2D eigenvalue weighted by atomic mass is 19.4. The number of benzene rings is 2. The molecule has 0 radical (unpaired) electrons. The first-order valence-electron chi connectivity index (χ1n) is 12.0. The van der Waals surface area contributed by atoms with Crippen LogP contribution in [0.1, 0.15) is 40.0 Å². The number of aromatic nitrogens is 3. The molecule has 2 heterocycles. The summed E-state index contributed by atoms with van der Waals surface area (Å²) in [6.07, 6.45) is -2.05. The van der Waals surface area contributed by atoms with Crippen LogP contribution in [0.2, 0.25) is 0 Å². The predicted molar refractivity (Wildman–Crippen MR) is 138 cm³/mol. The van der Waals surface area contributed by atoms with E-state index in [4.69, 9.17) is 4.74 Å². The minimum absolute atomic E-state index is 0.0704. The van der Waals surface area contributed by atoms with Gasteiger partial charge in [-0.1, -0.05) is 0 Å². The van der Waals surface area contributed by atoms with Crippen LogP contribution in [0.5, 0.6) is 0 Å². The zero-order valence-corrected chi connectivity index (χ0v) is 21.0. The van der Waals surface area contributed by atoms with Crippen LogP contribution in [0.3, 0.4) is 0 Å². The van der Waals surface area contributed by atoms with Gasteiger partial charge in [0.1, 0.15) is 0 Å². The fourth-order valence-electron chi connectivity index (χ4n) is 4.20. The molecule has 0 saturated heterocycles. The SMILES string of the molecule is CCOC(=O)c1ccc(NC(=O)NC(c2cc[nH]c2)c2cc3c(cc2C(F)(F)F)[nH]c(=O)c(=O)n3CCO)cc1. The monoisotopic (exact) mass is 559 g/mol. The fraction of sp³-hybridized carbons (Fsp3) is 0.231. The topological polar surface area (TPSA) is 158 Å². The predicted octanol–water partition coefficient (Wildman–Crippen LogP) is 3.12. The highest BCUT2D eigenvalue weighted by molar-refractivity contribution is 5.92. The lowest BCUT2D eigenvalue weighted by Gasteiger charge is -2.24. The average Bonchev–Trinajstić information content (AvgIpc) is 3.44. The molecule has 1 atom stereocenters. The molecule has 2 amide bonds. The highest BCUT2D eigenvalue weighted by Gasteiger charge is 2.37. The number of ether oxygens (including phenoxy) is 1. The number of aliphatic hydroxyl groups is 1. The maximum atomic E-state index is 14.3. The van der Waals surface area contributed by atoms with E-state index in [-0.39, 0.29) is 41.0 Å². The van der Waals surface area contributed by atoms with Crippen molar-refractivity contribution in [1.82, 2.24) is 19.9 Å². The number of esters is 1. The zero-order chi connectivity index (χ0) is 29.0. The van der Waals surface area contributed by atoms with Gasteiger partial charge in [0.15, 0.2) is 0 Å². The molecule has 0 bridgehead atoms. The highest BCUT2D eigenvalue weighted by Crippen LogP contribution is 2.38. The van der Waals surface area contributed by atoms with E-state index >= 15 is 0 Å². The van der Waals surface area contributed by atoms with Gasteiger partial charge in [0.05, 0.1) is 41.4 Å². The van der Waals surface area contributed by atoms with Gasteiger partial charge in [-0.25, -0.2) is 9.59 Å². The second-order valence-corrected chi connectivity index (χ2v) is 8.56. The standard InChI is InChI=1S/C26H24F3N5O6/c1-2-40-24(38)14-3-5-16(6-4-14)31-25(39)33-21(15-7-8-30-13-15)17-11-20-19(12-18(17)26(27,28)29)32-22(36)23(37)34(20)9-10-35/h3-8,11-13,21,30,35H,2,9-10H2,1H3,(H,32,36)(H2,31,33,39). The molecule has 0 saturated carbocycles. The molecule has 40 heavy (non-hydrogen) atoms. The Hall–Kier alpha value is -4.85. The molecule has 5 N–H and O–H groups in total. The first-order valence-corrected chi connectivity index (χ1v) is 12.0. The molecule has 0 fully saturated rings. The third kappa shape index (κ3) is 5.91. The van der Waals surface area contributed by atoms with Crippen LogP contribution in [0.25, 0.3) is 11.0 Å². The van der Waals surface area contributed by atoms with Crippen LogP contribution in [0.15, 0.2) is 64.4 Å². The van der Waals surface area contributed by atoms with Crippen molar-refractivity contribution in [1.29, 1.82) is 0 Å². The van der Waals surface area contributed by atoms with Gasteiger partial charge < -0.3 is 30.4 Å². The first-order chi connectivity index (χ1) is 19.0. The number of alkyl halides is 3. The Morgan fingerprint density at radius 2 is 1.85 bits per heavy atom. The summed E-state index contributed by atoms with van der Waals surface area (Å²) in [5.41, 5.74) is -3.35. The van der Waals surface area contributed by atoms with Gasteiger partial charge >= 0.3 is 29.3 Å². The van der Waals surface area contributed by atoms with Gasteiger partial charge in [0.2, 0.25) is 0 Å². The van der Waals surface area contributed by atoms with Crippen molar-refractivity contribution in [3.05, 3.63) is 97.8 Å². The number of halogens is 3. The third-order valence-electron chi connectivity index (χ3n) is 5.97. The van der Waals surface area contributed by atoms with Gasteiger partial charge in [-0.05, 0) is 60.5 Å². The van der Waals surface area contributed by atoms with E-state index in [0.717, 1.165) is 10.6 Å². The molecule has 0 spiro atoms. The van der Waals surface area contributed by atoms with Crippen molar-refractivity contribution < 1.29 is 32.6 Å². The number of fused-ring (bicyclic) bond motifs is 1. The van der Waals surface area contributed by atoms with Crippen LogP contribution < -0.4 is 21.8 Å². The summed E-state index contributed by atoms with van der Waals surface area (Å²) in [4.78, 5) is 54.2. The van der Waals surface area contributed by atoms with E-state index in [1.165, 1.54) is 42.7 Å². The van der Waals surface area contributed by atoms with Crippen molar-refractivity contribution >= 4 is 28.7 Å². The molecule has 210 valence electrons. The minimum Gasteiger partial charge on any atom is -0.462 e. The molecule has 0 aliphatic heterocycles. The smallest absolute Gasteiger partial charge is 0.416 e. The number of aromatic amines is 2. The van der Waals surface area contributed by atoms with Gasteiger partial charge in [0.25, 0.3) is 0 Å². The Kier molecular flexibility index (Phi) is 8.09. The number of anilines is 1. The quantitative estimate of drug-likeness (QED) is 0.165. The van der Waals surface area contributed by atoms with Gasteiger partial charge in [0, 0.05) is 24.6 Å². The number of carbonyl (C=O) groups excluding carboxylic acids is 2. The summed E-state index contributed by atoms with van der Waals surface area (Å²) in [7, 11) is 0. The van der Waals surface area contributed by atoms with Crippen LogP contribution in [0.4, 0.5) is 23.7 Å². The van der Waals surface area contributed by atoms with Crippen molar-refractivity contribution in [2.45, 2.75) is 25.7 Å². The van der Waals surface area contributed by atoms with Crippen molar-refractivity contribution in [2.24, 2.45) is 0 Å². The molecular weight excluding hydrogens is 535 g/mol. The number of nitrogens with zero attached hydrogens (tertiary/aromatic N) is 1. The second-order valence-electron chi connectivity index (χ2n) is 8.56. The number of amides is 2. The second kappa shape index (κ2) is 11.5. The molecule has 4 aromatic rings. The molecular formula is C26H24F3N5O6.